The van der Waals surface area contributed by atoms with Crippen LogP contribution in [0.3, 0.4) is 0 Å². The van der Waals surface area contributed by atoms with Crippen LogP contribution < -0.4 is 11.5 Å². The van der Waals surface area contributed by atoms with Crippen molar-refractivity contribution in [2.45, 2.75) is 25.2 Å². The molecule has 4 nitrogen and oxygen atoms in total. The molecule has 1 aromatic carbocycles. The topological polar surface area (TPSA) is 86.2 Å². The summed E-state index contributed by atoms with van der Waals surface area (Å²) in [5.74, 6) is -2.34. The summed E-state index contributed by atoms with van der Waals surface area (Å²) in [4.78, 5) is 21.5. The smallest absolute Gasteiger partial charge is 0.402 e. The average molecular weight is 354 g/mol. The van der Waals surface area contributed by atoms with Gasteiger partial charge in [-0.25, -0.2) is 0 Å². The Morgan fingerprint density at radius 3 is 1.96 bits per heavy atom. The van der Waals surface area contributed by atoms with Gasteiger partial charge < -0.3 is 11.5 Å². The molecular weight excluding hydrogens is 342 g/mol. The Bertz CT molecular complexity index is 677. The molecule has 132 valence electrons. The lowest BCUT2D eigenvalue weighted by Crippen LogP contribution is -2.22. The van der Waals surface area contributed by atoms with Gasteiger partial charge in [0, 0.05) is 11.8 Å². The molecule has 4 N–H and O–H groups in total. The highest BCUT2D eigenvalue weighted by atomic mass is 19.4. The van der Waals surface area contributed by atoms with Crippen molar-refractivity contribution in [1.29, 1.82) is 0 Å². The molecule has 10 heteroatoms. The molecular formula is C14H12F6N2O2. The highest BCUT2D eigenvalue weighted by molar-refractivity contribution is 6.40. The van der Waals surface area contributed by atoms with E-state index in [0.29, 0.717) is 12.1 Å². The molecule has 0 spiro atoms. The van der Waals surface area contributed by atoms with E-state index in [1.54, 1.807) is 0 Å². The zero-order valence-corrected chi connectivity index (χ0v) is 12.0. The molecule has 1 amide bonds. The Kier molecular flexibility index (Phi) is 5.64. The van der Waals surface area contributed by atoms with Crippen molar-refractivity contribution in [3.8, 4) is 0 Å². The average Bonchev–Trinajstić information content (AvgIpc) is 2.42. The van der Waals surface area contributed by atoms with Crippen molar-refractivity contribution >= 4 is 11.7 Å². The van der Waals surface area contributed by atoms with E-state index in [9.17, 15) is 35.9 Å². The van der Waals surface area contributed by atoms with Gasteiger partial charge in [0.2, 0.25) is 5.78 Å². The van der Waals surface area contributed by atoms with Gasteiger partial charge in [0.15, 0.2) is 0 Å². The Balaban J connectivity index is 3.03. The van der Waals surface area contributed by atoms with Crippen molar-refractivity contribution in [1.82, 2.24) is 0 Å². The Morgan fingerprint density at radius 1 is 0.958 bits per heavy atom. The number of halogens is 6. The van der Waals surface area contributed by atoms with Crippen LogP contribution in [0, 0.1) is 0 Å². The van der Waals surface area contributed by atoms with E-state index in [1.807, 2.05) is 0 Å². The fraction of sp³-hybridized carbons (Fsp3) is 0.286. The van der Waals surface area contributed by atoms with Crippen LogP contribution in [0.25, 0.3) is 0 Å². The predicted molar refractivity (Wildman–Crippen MR) is 71.2 cm³/mol. The number of aryl methyl sites for hydroxylation is 1. The van der Waals surface area contributed by atoms with E-state index < -0.39 is 35.2 Å². The van der Waals surface area contributed by atoms with Crippen LogP contribution in [0.2, 0.25) is 0 Å². The number of hydrogen-bond donors (Lipinski definition) is 2. The van der Waals surface area contributed by atoms with Gasteiger partial charge >= 0.3 is 12.4 Å². The van der Waals surface area contributed by atoms with Gasteiger partial charge in [0.05, 0.1) is 11.1 Å². The van der Waals surface area contributed by atoms with Crippen LogP contribution in [0.5, 0.6) is 0 Å². The predicted octanol–water partition coefficient (Wildman–Crippen LogP) is 2.55. The highest BCUT2D eigenvalue weighted by Gasteiger charge is 2.42. The summed E-state index contributed by atoms with van der Waals surface area (Å²) in [7, 11) is 0. The third-order valence-corrected chi connectivity index (χ3v) is 2.96. The second kappa shape index (κ2) is 6.93. The molecule has 0 radical (unpaired) electrons. The molecule has 0 saturated heterocycles. The van der Waals surface area contributed by atoms with E-state index in [1.165, 1.54) is 0 Å². The first-order valence-corrected chi connectivity index (χ1v) is 6.39. The molecule has 0 aliphatic rings. The number of nitrogens with two attached hydrogens (primary N) is 2. The van der Waals surface area contributed by atoms with Gasteiger partial charge in [-0.2, -0.15) is 26.3 Å². The quantitative estimate of drug-likeness (QED) is 0.484. The largest absolute Gasteiger partial charge is 0.417 e. The summed E-state index contributed by atoms with van der Waals surface area (Å²) in [5.41, 5.74) is 6.33. The fourth-order valence-electron chi connectivity index (χ4n) is 1.83. The standard InChI is InChI=1S/C14H12F6N2O2/c15-13(16,17)9-4-2-7(5-10(9)14(18,19)20)1-3-8(21)6-11(23)12(22)24/h2,4-6H,1,3,21H2,(H2,22,24). The van der Waals surface area contributed by atoms with Crippen LogP contribution in [0.1, 0.15) is 23.1 Å². The number of rotatable bonds is 5. The molecule has 0 aliphatic heterocycles. The van der Waals surface area contributed by atoms with E-state index in [-0.39, 0.29) is 24.1 Å². The summed E-state index contributed by atoms with van der Waals surface area (Å²) in [5, 5.41) is 0. The molecule has 0 atom stereocenters. The third kappa shape index (κ3) is 5.28. The zero-order chi connectivity index (χ0) is 18.7. The van der Waals surface area contributed by atoms with Gasteiger partial charge in [-0.05, 0) is 30.5 Å². The normalized spacial score (nSPS) is 13.0. The Hall–Kier alpha value is -2.52. The molecule has 0 fully saturated rings. The fourth-order valence-corrected chi connectivity index (χ4v) is 1.83. The van der Waals surface area contributed by atoms with Crippen LogP contribution >= 0.6 is 0 Å². The lowest BCUT2D eigenvalue weighted by atomic mass is 9.99. The maximum atomic E-state index is 12.8. The van der Waals surface area contributed by atoms with Crippen molar-refractivity contribution in [3.05, 3.63) is 46.7 Å². The monoisotopic (exact) mass is 354 g/mol. The number of amides is 1. The van der Waals surface area contributed by atoms with Gasteiger partial charge in [-0.15, -0.1) is 0 Å². The van der Waals surface area contributed by atoms with Crippen molar-refractivity contribution in [3.63, 3.8) is 0 Å². The molecule has 0 aliphatic carbocycles. The minimum absolute atomic E-state index is 0.0572. The van der Waals surface area contributed by atoms with Crippen LogP contribution in [0.15, 0.2) is 30.0 Å². The summed E-state index contributed by atoms with van der Waals surface area (Å²) in [6, 6.07) is 1.61. The van der Waals surface area contributed by atoms with Crippen molar-refractivity contribution in [2.24, 2.45) is 11.5 Å². The first-order chi connectivity index (χ1) is 10.8. The first kappa shape index (κ1) is 19.5. The zero-order valence-electron chi connectivity index (χ0n) is 12.0. The highest BCUT2D eigenvalue weighted by Crippen LogP contribution is 2.40. The molecule has 0 bridgehead atoms. The van der Waals surface area contributed by atoms with Crippen molar-refractivity contribution in [2.75, 3.05) is 0 Å². The maximum Gasteiger partial charge on any atom is 0.417 e. The molecule has 0 heterocycles. The van der Waals surface area contributed by atoms with Gasteiger partial charge in [-0.3, -0.25) is 9.59 Å². The van der Waals surface area contributed by atoms with Crippen LogP contribution in [-0.2, 0) is 28.4 Å². The first-order valence-electron chi connectivity index (χ1n) is 6.39. The number of benzene rings is 1. The van der Waals surface area contributed by atoms with Crippen LogP contribution in [0.4, 0.5) is 26.3 Å². The molecule has 1 aromatic rings. The summed E-state index contributed by atoms with van der Waals surface area (Å²) < 4.78 is 76.3. The van der Waals surface area contributed by atoms with Crippen molar-refractivity contribution < 1.29 is 35.9 Å². The molecule has 1 rings (SSSR count). The molecule has 0 aromatic heterocycles. The summed E-state index contributed by atoms with van der Waals surface area (Å²) >= 11 is 0. The second-order valence-electron chi connectivity index (χ2n) is 4.82. The number of carbonyl (C=O) groups is 2. The second-order valence-corrected chi connectivity index (χ2v) is 4.82. The number of ketones is 1. The number of primary amides is 1. The number of allylic oxidation sites excluding steroid dienone is 1. The molecule has 0 unspecified atom stereocenters. The van der Waals surface area contributed by atoms with E-state index >= 15 is 0 Å². The summed E-state index contributed by atoms with van der Waals surface area (Å²) in [6.45, 7) is 0. The Morgan fingerprint density at radius 2 is 1.50 bits per heavy atom. The lowest BCUT2D eigenvalue weighted by Gasteiger charge is -2.16. The number of alkyl halides is 6. The SMILES string of the molecule is NC(=O)C(=O)C=C(N)CCc1ccc(C(F)(F)F)c(C(F)(F)F)c1. The minimum atomic E-state index is -5.18. The number of hydrogen-bond acceptors (Lipinski definition) is 3. The maximum absolute atomic E-state index is 12.8. The lowest BCUT2D eigenvalue weighted by molar-refractivity contribution is -0.162. The van der Waals surface area contributed by atoms with Crippen LogP contribution in [-0.4, -0.2) is 11.7 Å². The molecule has 0 saturated carbocycles. The van der Waals surface area contributed by atoms with Gasteiger partial charge in [0.25, 0.3) is 5.91 Å². The molecule has 24 heavy (non-hydrogen) atoms. The van der Waals surface area contributed by atoms with E-state index in [2.05, 4.69) is 0 Å². The Labute approximate surface area is 132 Å². The number of carbonyl (C=O) groups excluding carboxylic acids is 2. The third-order valence-electron chi connectivity index (χ3n) is 2.96. The van der Waals surface area contributed by atoms with E-state index in [0.717, 1.165) is 12.1 Å². The van der Waals surface area contributed by atoms with Gasteiger partial charge in [-0.1, -0.05) is 6.07 Å². The minimum Gasteiger partial charge on any atom is -0.402 e. The summed E-state index contributed by atoms with van der Waals surface area (Å²) in [6.07, 6.45) is -9.89. The van der Waals surface area contributed by atoms with E-state index in [4.69, 9.17) is 11.5 Å². The van der Waals surface area contributed by atoms with Gasteiger partial charge in [0.1, 0.15) is 0 Å².